The molecule has 0 aromatic carbocycles. The molecule has 4 nitrogen and oxygen atoms in total. The van der Waals surface area contributed by atoms with E-state index in [-0.39, 0.29) is 18.6 Å². The molecule has 0 radical (unpaired) electrons. The molecule has 1 aliphatic rings. The van der Waals surface area contributed by atoms with Gasteiger partial charge in [-0.25, -0.2) is 0 Å². The van der Waals surface area contributed by atoms with E-state index in [9.17, 15) is 9.90 Å². The first-order valence-corrected chi connectivity index (χ1v) is 7.06. The summed E-state index contributed by atoms with van der Waals surface area (Å²) in [6.45, 7) is 0.668. The van der Waals surface area contributed by atoms with Crippen LogP contribution in [0.5, 0.6) is 0 Å². The number of carbonyl (C=O) groups excluding carboxylic acids is 1. The van der Waals surface area contributed by atoms with Crippen molar-refractivity contribution in [1.29, 1.82) is 0 Å². The molecule has 1 aromatic rings. The van der Waals surface area contributed by atoms with Gasteiger partial charge in [-0.15, -0.1) is 11.3 Å². The third-order valence-electron chi connectivity index (χ3n) is 3.38. The summed E-state index contributed by atoms with van der Waals surface area (Å²) < 4.78 is 0.613. The van der Waals surface area contributed by atoms with Gasteiger partial charge in [0.2, 0.25) is 0 Å². The summed E-state index contributed by atoms with van der Waals surface area (Å²) in [6, 6.07) is 3.69. The third kappa shape index (κ3) is 2.69. The molecule has 1 N–H and O–H groups in total. The molecule has 2 heterocycles. The SMILES string of the molecule is CN(C)[C@@H]1C[C@@H](CO)N(C(=O)c2ccc(Cl)s2)C1. The highest BCUT2D eigenvalue weighted by atomic mass is 35.5. The van der Waals surface area contributed by atoms with E-state index >= 15 is 0 Å². The lowest BCUT2D eigenvalue weighted by molar-refractivity contribution is 0.0678. The Balaban J connectivity index is 2.14. The van der Waals surface area contributed by atoms with E-state index in [4.69, 9.17) is 11.6 Å². The lowest BCUT2D eigenvalue weighted by Gasteiger charge is -2.22. The minimum Gasteiger partial charge on any atom is -0.394 e. The number of amides is 1. The van der Waals surface area contributed by atoms with Gasteiger partial charge >= 0.3 is 0 Å². The van der Waals surface area contributed by atoms with Crippen LogP contribution in [-0.2, 0) is 0 Å². The van der Waals surface area contributed by atoms with Gasteiger partial charge in [0.15, 0.2) is 0 Å². The van der Waals surface area contributed by atoms with Gasteiger partial charge in [0.05, 0.1) is 21.9 Å². The molecule has 2 atom stereocenters. The van der Waals surface area contributed by atoms with E-state index in [0.29, 0.717) is 21.8 Å². The monoisotopic (exact) mass is 288 g/mol. The Kier molecular flexibility index (Phi) is 4.27. The zero-order chi connectivity index (χ0) is 13.3. The molecule has 0 spiro atoms. The first-order chi connectivity index (χ1) is 8.52. The van der Waals surface area contributed by atoms with Crippen molar-refractivity contribution in [2.45, 2.75) is 18.5 Å². The minimum atomic E-state index is -0.0919. The molecule has 1 aliphatic heterocycles. The molecule has 100 valence electrons. The highest BCUT2D eigenvalue weighted by Crippen LogP contribution is 2.27. The average molecular weight is 289 g/mol. The maximum Gasteiger partial charge on any atom is 0.264 e. The molecule has 18 heavy (non-hydrogen) atoms. The lowest BCUT2D eigenvalue weighted by atomic mass is 10.1. The third-order valence-corrected chi connectivity index (χ3v) is 4.60. The highest BCUT2D eigenvalue weighted by molar-refractivity contribution is 7.17. The van der Waals surface area contributed by atoms with Gasteiger partial charge in [-0.2, -0.15) is 0 Å². The summed E-state index contributed by atoms with van der Waals surface area (Å²) in [5.74, 6) is -0.0321. The largest absolute Gasteiger partial charge is 0.394 e. The quantitative estimate of drug-likeness (QED) is 0.917. The van der Waals surface area contributed by atoms with Crippen LogP contribution in [0.2, 0.25) is 4.34 Å². The van der Waals surface area contributed by atoms with Gasteiger partial charge in [0, 0.05) is 12.6 Å². The van der Waals surface area contributed by atoms with Crippen molar-refractivity contribution >= 4 is 28.8 Å². The normalized spacial score (nSPS) is 23.9. The number of rotatable bonds is 3. The number of thiophene rings is 1. The van der Waals surface area contributed by atoms with Crippen molar-refractivity contribution in [2.24, 2.45) is 0 Å². The van der Waals surface area contributed by atoms with E-state index in [1.54, 1.807) is 17.0 Å². The van der Waals surface area contributed by atoms with E-state index in [2.05, 4.69) is 4.90 Å². The van der Waals surface area contributed by atoms with E-state index in [1.165, 1.54) is 11.3 Å². The number of halogens is 1. The number of likely N-dealkylation sites (tertiary alicyclic amines) is 1. The molecular formula is C12H17ClN2O2S. The number of aliphatic hydroxyl groups excluding tert-OH is 1. The predicted molar refractivity (Wildman–Crippen MR) is 73.3 cm³/mol. The summed E-state index contributed by atoms with van der Waals surface area (Å²) in [7, 11) is 3.99. The van der Waals surface area contributed by atoms with Gasteiger partial charge < -0.3 is 14.9 Å². The summed E-state index contributed by atoms with van der Waals surface area (Å²) in [4.78, 5) is 16.8. The van der Waals surface area contributed by atoms with Crippen LogP contribution < -0.4 is 0 Å². The van der Waals surface area contributed by atoms with Crippen LogP contribution in [-0.4, -0.2) is 60.1 Å². The summed E-state index contributed by atoms with van der Waals surface area (Å²) in [5.41, 5.74) is 0. The maximum atomic E-state index is 12.3. The fourth-order valence-electron chi connectivity index (χ4n) is 2.26. The standard InChI is InChI=1S/C12H17ClN2O2S/c1-14(2)8-5-9(7-16)15(6-8)12(17)10-3-4-11(13)18-10/h3-4,8-9,16H,5-7H2,1-2H3/t8-,9+/m1/s1. The number of aliphatic hydroxyl groups is 1. The number of carbonyl (C=O) groups is 1. The second-order valence-corrected chi connectivity index (χ2v) is 6.47. The second kappa shape index (κ2) is 5.57. The van der Waals surface area contributed by atoms with Crippen molar-refractivity contribution in [3.63, 3.8) is 0 Å². The molecule has 0 aliphatic carbocycles. The Morgan fingerprint density at radius 2 is 2.33 bits per heavy atom. The molecule has 0 saturated carbocycles. The van der Waals surface area contributed by atoms with Gasteiger partial charge in [0.25, 0.3) is 5.91 Å². The Morgan fingerprint density at radius 3 is 2.83 bits per heavy atom. The van der Waals surface area contributed by atoms with E-state index < -0.39 is 0 Å². The lowest BCUT2D eigenvalue weighted by Crippen LogP contribution is -2.38. The molecule has 6 heteroatoms. The number of nitrogens with zero attached hydrogens (tertiary/aromatic N) is 2. The van der Waals surface area contributed by atoms with Crippen LogP contribution in [0.3, 0.4) is 0 Å². The fraction of sp³-hybridized carbons (Fsp3) is 0.583. The molecule has 1 aromatic heterocycles. The van der Waals surface area contributed by atoms with Crippen molar-refractivity contribution in [3.05, 3.63) is 21.3 Å². The van der Waals surface area contributed by atoms with Crippen LogP contribution in [0.1, 0.15) is 16.1 Å². The van der Waals surface area contributed by atoms with Crippen LogP contribution in [0.4, 0.5) is 0 Å². The number of hydrogen-bond acceptors (Lipinski definition) is 4. The molecule has 2 rings (SSSR count). The maximum absolute atomic E-state index is 12.3. The van der Waals surface area contributed by atoms with Gasteiger partial charge in [-0.3, -0.25) is 4.79 Å². The van der Waals surface area contributed by atoms with Crippen molar-refractivity contribution in [3.8, 4) is 0 Å². The first-order valence-electron chi connectivity index (χ1n) is 5.86. The highest BCUT2D eigenvalue weighted by Gasteiger charge is 2.36. The van der Waals surface area contributed by atoms with Crippen molar-refractivity contribution < 1.29 is 9.90 Å². The minimum absolute atomic E-state index is 0.00911. The number of hydrogen-bond donors (Lipinski definition) is 1. The van der Waals surface area contributed by atoms with Crippen LogP contribution in [0.15, 0.2) is 12.1 Å². The molecule has 0 unspecified atom stereocenters. The Morgan fingerprint density at radius 1 is 1.61 bits per heavy atom. The second-order valence-electron chi connectivity index (χ2n) is 4.75. The molecule has 1 amide bonds. The molecule has 1 fully saturated rings. The van der Waals surface area contributed by atoms with Gasteiger partial charge in [-0.1, -0.05) is 11.6 Å². The van der Waals surface area contributed by atoms with Crippen molar-refractivity contribution in [1.82, 2.24) is 9.80 Å². The topological polar surface area (TPSA) is 43.8 Å². The van der Waals surface area contributed by atoms with Gasteiger partial charge in [0.1, 0.15) is 0 Å². The Labute approximate surface area is 116 Å². The summed E-state index contributed by atoms with van der Waals surface area (Å²) in [6.07, 6.45) is 0.814. The van der Waals surface area contributed by atoms with E-state index in [0.717, 1.165) is 6.42 Å². The Bertz CT molecular complexity index is 435. The molecule has 0 bridgehead atoms. The van der Waals surface area contributed by atoms with Crippen LogP contribution >= 0.6 is 22.9 Å². The fourth-order valence-corrected chi connectivity index (χ4v) is 3.26. The Hall–Kier alpha value is -0.620. The smallest absolute Gasteiger partial charge is 0.264 e. The van der Waals surface area contributed by atoms with Crippen LogP contribution in [0, 0.1) is 0 Å². The van der Waals surface area contributed by atoms with Gasteiger partial charge in [-0.05, 0) is 32.6 Å². The van der Waals surface area contributed by atoms with Crippen LogP contribution in [0.25, 0.3) is 0 Å². The number of likely N-dealkylation sites (N-methyl/N-ethyl adjacent to an activating group) is 1. The molecular weight excluding hydrogens is 272 g/mol. The summed E-state index contributed by atoms with van der Waals surface area (Å²) >= 11 is 7.13. The van der Waals surface area contributed by atoms with Crippen molar-refractivity contribution in [2.75, 3.05) is 27.2 Å². The summed E-state index contributed by atoms with van der Waals surface area (Å²) in [5, 5.41) is 9.40. The zero-order valence-corrected chi connectivity index (χ0v) is 12.0. The first kappa shape index (κ1) is 13.8. The predicted octanol–water partition coefficient (Wildman–Crippen LogP) is 1.54. The molecule has 1 saturated heterocycles. The van der Waals surface area contributed by atoms with E-state index in [1.807, 2.05) is 14.1 Å². The average Bonchev–Trinajstić information content (AvgIpc) is 2.93. The zero-order valence-electron chi connectivity index (χ0n) is 10.5.